The zero-order valence-electron chi connectivity index (χ0n) is 15.4. The lowest BCUT2D eigenvalue weighted by Crippen LogP contribution is -2.42. The third kappa shape index (κ3) is 4.65. The zero-order chi connectivity index (χ0) is 18.4. The van der Waals surface area contributed by atoms with Gasteiger partial charge < -0.3 is 19.9 Å². The van der Waals surface area contributed by atoms with Gasteiger partial charge in [0.05, 0.1) is 6.61 Å². The molecule has 2 aliphatic heterocycles. The van der Waals surface area contributed by atoms with E-state index in [0.717, 1.165) is 44.6 Å². The Morgan fingerprint density at radius 2 is 1.88 bits per heavy atom. The Morgan fingerprint density at radius 3 is 2.58 bits per heavy atom. The van der Waals surface area contributed by atoms with Gasteiger partial charge >= 0.3 is 6.09 Å². The van der Waals surface area contributed by atoms with Crippen LogP contribution in [0.4, 0.5) is 10.6 Å². The lowest BCUT2D eigenvalue weighted by molar-refractivity contribution is 0.0724. The Labute approximate surface area is 154 Å². The van der Waals surface area contributed by atoms with Crippen molar-refractivity contribution in [3.63, 3.8) is 0 Å². The van der Waals surface area contributed by atoms with E-state index in [-0.39, 0.29) is 18.0 Å². The highest BCUT2D eigenvalue weighted by atomic mass is 16.6. The fourth-order valence-corrected chi connectivity index (χ4v) is 3.55. The molecule has 2 fully saturated rings. The number of carbonyl (C=O) groups excluding carboxylic acids is 2. The summed E-state index contributed by atoms with van der Waals surface area (Å²) in [5.74, 6) is 0.815. The van der Waals surface area contributed by atoms with Crippen LogP contribution in [0.2, 0.25) is 0 Å². The average molecular weight is 360 g/mol. The zero-order valence-corrected chi connectivity index (χ0v) is 15.4. The van der Waals surface area contributed by atoms with Crippen molar-refractivity contribution in [1.82, 2.24) is 14.8 Å². The lowest BCUT2D eigenvalue weighted by atomic mass is 10.1. The number of hydrogen-bond acceptors (Lipinski definition) is 5. The van der Waals surface area contributed by atoms with Crippen molar-refractivity contribution in [2.45, 2.75) is 45.1 Å². The molecule has 0 radical (unpaired) electrons. The first-order valence-electron chi connectivity index (χ1n) is 9.61. The van der Waals surface area contributed by atoms with Crippen LogP contribution in [0.25, 0.3) is 0 Å². The third-order valence-corrected chi connectivity index (χ3v) is 5.02. The lowest BCUT2D eigenvalue weighted by Gasteiger charge is -2.32. The quantitative estimate of drug-likeness (QED) is 0.894. The van der Waals surface area contributed by atoms with Gasteiger partial charge in [-0.3, -0.25) is 4.79 Å². The van der Waals surface area contributed by atoms with Crippen LogP contribution in [0.1, 0.15) is 49.4 Å². The Balaban J connectivity index is 1.54. The molecule has 0 bridgehead atoms. The average Bonchev–Trinajstić information content (AvgIpc) is 2.69. The first-order chi connectivity index (χ1) is 12.7. The van der Waals surface area contributed by atoms with Crippen molar-refractivity contribution in [3.8, 4) is 0 Å². The van der Waals surface area contributed by atoms with Crippen LogP contribution in [-0.4, -0.2) is 65.6 Å². The maximum atomic E-state index is 12.6. The Kier molecular flexibility index (Phi) is 6.30. The van der Waals surface area contributed by atoms with Crippen molar-refractivity contribution in [1.29, 1.82) is 0 Å². The molecule has 7 heteroatoms. The molecular weight excluding hydrogens is 332 g/mol. The molecular formula is C19H28N4O3. The van der Waals surface area contributed by atoms with E-state index in [1.165, 1.54) is 6.42 Å². The second-order valence-corrected chi connectivity index (χ2v) is 6.89. The first-order valence-corrected chi connectivity index (χ1v) is 9.61. The van der Waals surface area contributed by atoms with Gasteiger partial charge in [0.1, 0.15) is 5.82 Å². The molecule has 3 heterocycles. The number of carbonyl (C=O) groups is 2. The van der Waals surface area contributed by atoms with Crippen molar-refractivity contribution < 1.29 is 14.3 Å². The summed E-state index contributed by atoms with van der Waals surface area (Å²) in [6.45, 7) is 5.24. The van der Waals surface area contributed by atoms with Crippen LogP contribution in [0.15, 0.2) is 18.3 Å². The molecule has 0 aliphatic carbocycles. The number of amides is 2. The van der Waals surface area contributed by atoms with Crippen LogP contribution in [-0.2, 0) is 4.74 Å². The second kappa shape index (κ2) is 8.87. The smallest absolute Gasteiger partial charge is 0.409 e. The summed E-state index contributed by atoms with van der Waals surface area (Å²) in [7, 11) is 0. The highest BCUT2D eigenvalue weighted by Gasteiger charge is 2.24. The summed E-state index contributed by atoms with van der Waals surface area (Å²) in [6, 6.07) is 3.87. The Morgan fingerprint density at radius 1 is 1.15 bits per heavy atom. The molecule has 2 aliphatic rings. The molecule has 3 rings (SSSR count). The van der Waals surface area contributed by atoms with Crippen molar-refractivity contribution in [3.05, 3.63) is 23.9 Å². The number of piperidine rings is 2. The summed E-state index contributed by atoms with van der Waals surface area (Å²) in [4.78, 5) is 32.4. The van der Waals surface area contributed by atoms with Crippen molar-refractivity contribution in [2.24, 2.45) is 0 Å². The fourth-order valence-electron chi connectivity index (χ4n) is 3.55. The number of hydrogen-bond donors (Lipinski definition) is 1. The monoisotopic (exact) mass is 360 g/mol. The number of anilines is 1. The van der Waals surface area contributed by atoms with Crippen LogP contribution in [0.3, 0.4) is 0 Å². The first kappa shape index (κ1) is 18.5. The molecule has 26 heavy (non-hydrogen) atoms. The van der Waals surface area contributed by atoms with Gasteiger partial charge in [-0.15, -0.1) is 0 Å². The van der Waals surface area contributed by atoms with E-state index in [4.69, 9.17) is 4.74 Å². The van der Waals surface area contributed by atoms with Crippen LogP contribution < -0.4 is 5.32 Å². The van der Waals surface area contributed by atoms with Gasteiger partial charge in [-0.25, -0.2) is 9.78 Å². The molecule has 1 N–H and O–H groups in total. The molecule has 0 aromatic carbocycles. The summed E-state index contributed by atoms with van der Waals surface area (Å²) in [6.07, 6.45) is 6.50. The van der Waals surface area contributed by atoms with Gasteiger partial charge in [0.2, 0.25) is 0 Å². The van der Waals surface area contributed by atoms with E-state index in [0.29, 0.717) is 25.3 Å². The van der Waals surface area contributed by atoms with Crippen LogP contribution in [0, 0.1) is 0 Å². The predicted octanol–water partition coefficient (Wildman–Crippen LogP) is 2.74. The summed E-state index contributed by atoms with van der Waals surface area (Å²) >= 11 is 0. The summed E-state index contributed by atoms with van der Waals surface area (Å²) in [5.41, 5.74) is 0.688. The van der Waals surface area contributed by atoms with E-state index < -0.39 is 0 Å². The van der Waals surface area contributed by atoms with Crippen LogP contribution in [0.5, 0.6) is 0 Å². The van der Waals surface area contributed by atoms with E-state index in [1.807, 2.05) is 17.9 Å². The summed E-state index contributed by atoms with van der Waals surface area (Å²) < 4.78 is 5.05. The molecule has 0 spiro atoms. The predicted molar refractivity (Wildman–Crippen MR) is 99.2 cm³/mol. The highest BCUT2D eigenvalue weighted by molar-refractivity contribution is 5.94. The Bertz CT molecular complexity index is 623. The molecule has 1 aromatic rings. The maximum Gasteiger partial charge on any atom is 0.409 e. The van der Waals surface area contributed by atoms with Crippen molar-refractivity contribution >= 4 is 17.8 Å². The van der Waals surface area contributed by atoms with E-state index >= 15 is 0 Å². The van der Waals surface area contributed by atoms with E-state index in [2.05, 4.69) is 10.3 Å². The molecule has 142 valence electrons. The van der Waals surface area contributed by atoms with E-state index in [1.54, 1.807) is 17.2 Å². The van der Waals surface area contributed by atoms with Gasteiger partial charge in [-0.1, -0.05) is 0 Å². The van der Waals surface area contributed by atoms with E-state index in [9.17, 15) is 9.59 Å². The second-order valence-electron chi connectivity index (χ2n) is 6.89. The molecule has 0 atom stereocenters. The molecule has 0 unspecified atom stereocenters. The number of ether oxygens (including phenoxy) is 1. The standard InChI is InChI=1S/C19H28N4O3/c1-2-26-19(25)23-12-7-16(8-13-23)21-17-14-15(6-9-20-17)18(24)22-10-4-3-5-11-22/h6,9,14,16H,2-5,7-8,10-13H2,1H3,(H,20,21). The molecule has 0 saturated carbocycles. The topological polar surface area (TPSA) is 74.8 Å². The molecule has 2 amide bonds. The number of pyridine rings is 1. The van der Waals surface area contributed by atoms with Crippen molar-refractivity contribution in [2.75, 3.05) is 38.1 Å². The number of aromatic nitrogens is 1. The van der Waals surface area contributed by atoms with Gasteiger partial charge in [-0.2, -0.15) is 0 Å². The van der Waals surface area contributed by atoms with Gasteiger partial charge in [0.25, 0.3) is 5.91 Å². The highest BCUT2D eigenvalue weighted by Crippen LogP contribution is 2.18. The van der Waals surface area contributed by atoms with Gasteiger partial charge in [0.15, 0.2) is 0 Å². The molecule has 7 nitrogen and oxygen atoms in total. The Hall–Kier alpha value is -2.31. The minimum absolute atomic E-state index is 0.0901. The number of nitrogens with one attached hydrogen (secondary N) is 1. The number of likely N-dealkylation sites (tertiary alicyclic amines) is 2. The fraction of sp³-hybridized carbons (Fsp3) is 0.632. The maximum absolute atomic E-state index is 12.6. The van der Waals surface area contributed by atoms with Gasteiger partial charge in [-0.05, 0) is 51.2 Å². The SMILES string of the molecule is CCOC(=O)N1CCC(Nc2cc(C(=O)N3CCCCC3)ccn2)CC1. The normalized spacial score (nSPS) is 18.5. The molecule has 2 saturated heterocycles. The van der Waals surface area contributed by atoms with Gasteiger partial charge in [0, 0.05) is 44.0 Å². The van der Waals surface area contributed by atoms with Crippen LogP contribution >= 0.6 is 0 Å². The number of nitrogens with zero attached hydrogens (tertiary/aromatic N) is 3. The number of rotatable bonds is 4. The minimum Gasteiger partial charge on any atom is -0.450 e. The summed E-state index contributed by atoms with van der Waals surface area (Å²) in [5, 5.41) is 3.41. The minimum atomic E-state index is -0.238. The third-order valence-electron chi connectivity index (χ3n) is 5.02. The largest absolute Gasteiger partial charge is 0.450 e. The molecule has 1 aromatic heterocycles.